The minimum atomic E-state index is 1.09. The highest BCUT2D eigenvalue weighted by Crippen LogP contribution is 2.33. The minimum absolute atomic E-state index is 1.09. The van der Waals surface area contributed by atoms with Crippen LogP contribution in [0.1, 0.15) is 5.56 Å². The second kappa shape index (κ2) is 4.64. The van der Waals surface area contributed by atoms with E-state index in [-0.39, 0.29) is 0 Å². The zero-order valence-electron chi connectivity index (χ0n) is 12.0. The van der Waals surface area contributed by atoms with Crippen LogP contribution >= 0.6 is 11.3 Å². The van der Waals surface area contributed by atoms with Gasteiger partial charge in [-0.1, -0.05) is 41.1 Å². The van der Waals surface area contributed by atoms with Crippen LogP contribution in [0.15, 0.2) is 54.6 Å². The fourth-order valence-corrected chi connectivity index (χ4v) is 3.86. The molecule has 0 aliphatic heterocycles. The van der Waals surface area contributed by atoms with Crippen LogP contribution in [0, 0.1) is 6.92 Å². The summed E-state index contributed by atoms with van der Waals surface area (Å²) in [6, 6.07) is 19.2. The molecule has 0 spiro atoms. The third-order valence-corrected chi connectivity index (χ3v) is 4.99. The van der Waals surface area contributed by atoms with Crippen LogP contribution in [-0.2, 0) is 7.05 Å². The molecule has 0 radical (unpaired) electrons. The van der Waals surface area contributed by atoms with E-state index in [2.05, 4.69) is 61.5 Å². The standard InChI is InChI=1S/C18H15N2S/c1-12-7-3-4-8-13(12)15-11-17-18(19-20(15)2)14-9-5-6-10-16(14)21-17/h3-11H,1-2H3/q+1. The maximum Gasteiger partial charge on any atom is 0.240 e. The summed E-state index contributed by atoms with van der Waals surface area (Å²) in [5.41, 5.74) is 4.77. The van der Waals surface area contributed by atoms with Crippen molar-refractivity contribution < 1.29 is 4.68 Å². The summed E-state index contributed by atoms with van der Waals surface area (Å²) in [4.78, 5) is 0. The fraction of sp³-hybridized carbons (Fsp3) is 0.111. The molecule has 0 N–H and O–H groups in total. The molecule has 0 saturated heterocycles. The Morgan fingerprint density at radius 3 is 2.57 bits per heavy atom. The maximum atomic E-state index is 4.81. The number of aryl methyl sites for hydroxylation is 2. The van der Waals surface area contributed by atoms with E-state index in [9.17, 15) is 0 Å². The van der Waals surface area contributed by atoms with Crippen molar-refractivity contribution in [2.45, 2.75) is 6.92 Å². The number of thiophene rings is 1. The normalized spacial score (nSPS) is 11.3. The molecule has 21 heavy (non-hydrogen) atoms. The Labute approximate surface area is 127 Å². The molecular weight excluding hydrogens is 276 g/mol. The quantitative estimate of drug-likeness (QED) is 0.479. The number of rotatable bonds is 1. The van der Waals surface area contributed by atoms with Gasteiger partial charge in [-0.25, -0.2) is 0 Å². The van der Waals surface area contributed by atoms with Gasteiger partial charge in [0, 0.05) is 21.3 Å². The van der Waals surface area contributed by atoms with Gasteiger partial charge in [0.1, 0.15) is 0 Å². The Hall–Kier alpha value is -2.26. The number of hydrogen-bond acceptors (Lipinski definition) is 2. The first-order chi connectivity index (χ1) is 10.2. The van der Waals surface area contributed by atoms with E-state index in [1.165, 1.54) is 25.9 Å². The first kappa shape index (κ1) is 12.5. The van der Waals surface area contributed by atoms with Gasteiger partial charge in [-0.15, -0.1) is 11.3 Å². The first-order valence-corrected chi connectivity index (χ1v) is 7.80. The van der Waals surface area contributed by atoms with Crippen LogP contribution in [0.25, 0.3) is 31.6 Å². The van der Waals surface area contributed by atoms with Gasteiger partial charge < -0.3 is 0 Å². The van der Waals surface area contributed by atoms with Crippen molar-refractivity contribution in [2.75, 3.05) is 0 Å². The molecule has 2 heterocycles. The molecule has 0 aliphatic carbocycles. The van der Waals surface area contributed by atoms with E-state index < -0.39 is 0 Å². The van der Waals surface area contributed by atoms with Gasteiger partial charge in [0.25, 0.3) is 0 Å². The van der Waals surface area contributed by atoms with Crippen molar-refractivity contribution in [2.24, 2.45) is 7.05 Å². The number of hydrogen-bond donors (Lipinski definition) is 0. The van der Waals surface area contributed by atoms with E-state index in [4.69, 9.17) is 5.10 Å². The molecule has 0 unspecified atom stereocenters. The zero-order valence-corrected chi connectivity index (χ0v) is 12.8. The minimum Gasteiger partial charge on any atom is -0.133 e. The van der Waals surface area contributed by atoms with Crippen LogP contribution in [-0.4, -0.2) is 5.10 Å². The van der Waals surface area contributed by atoms with Crippen molar-refractivity contribution in [3.05, 3.63) is 60.2 Å². The Morgan fingerprint density at radius 2 is 1.71 bits per heavy atom. The number of benzene rings is 2. The second-order valence-electron chi connectivity index (χ2n) is 5.28. The molecular formula is C18H15N2S+. The van der Waals surface area contributed by atoms with Crippen molar-refractivity contribution in [1.82, 2.24) is 5.10 Å². The van der Waals surface area contributed by atoms with Gasteiger partial charge >= 0.3 is 0 Å². The van der Waals surface area contributed by atoms with E-state index in [1.54, 1.807) is 0 Å². The van der Waals surface area contributed by atoms with Gasteiger partial charge in [-0.3, -0.25) is 0 Å². The van der Waals surface area contributed by atoms with Crippen molar-refractivity contribution >= 4 is 31.6 Å². The SMILES string of the molecule is Cc1ccccc1-c1cc2sc3ccccc3c2n[n+]1C. The molecule has 3 heteroatoms. The largest absolute Gasteiger partial charge is 0.240 e. The Balaban J connectivity index is 2.06. The monoisotopic (exact) mass is 291 g/mol. The van der Waals surface area contributed by atoms with Crippen LogP contribution in [0.5, 0.6) is 0 Å². The van der Waals surface area contributed by atoms with Gasteiger partial charge in [0.2, 0.25) is 5.69 Å². The average Bonchev–Trinajstić information content (AvgIpc) is 2.85. The zero-order chi connectivity index (χ0) is 14.4. The summed E-state index contributed by atoms with van der Waals surface area (Å²) < 4.78 is 4.53. The highest BCUT2D eigenvalue weighted by molar-refractivity contribution is 7.25. The second-order valence-corrected chi connectivity index (χ2v) is 6.36. The van der Waals surface area contributed by atoms with Gasteiger partial charge in [-0.2, -0.15) is 0 Å². The van der Waals surface area contributed by atoms with E-state index in [0.29, 0.717) is 0 Å². The Bertz CT molecular complexity index is 969. The van der Waals surface area contributed by atoms with Gasteiger partial charge in [0.05, 0.1) is 10.3 Å². The molecule has 0 atom stereocenters. The maximum absolute atomic E-state index is 4.81. The summed E-state index contributed by atoms with van der Waals surface area (Å²) in [7, 11) is 2.02. The predicted molar refractivity (Wildman–Crippen MR) is 88.5 cm³/mol. The summed E-state index contributed by atoms with van der Waals surface area (Å²) in [5, 5.41) is 6.05. The number of nitrogens with zero attached hydrogens (tertiary/aromatic N) is 2. The molecule has 4 aromatic rings. The van der Waals surface area contributed by atoms with E-state index in [0.717, 1.165) is 11.2 Å². The van der Waals surface area contributed by atoms with Crippen LogP contribution in [0.4, 0.5) is 0 Å². The summed E-state index contributed by atoms with van der Waals surface area (Å²) in [6.45, 7) is 2.14. The number of fused-ring (bicyclic) bond motifs is 3. The van der Waals surface area contributed by atoms with Crippen molar-refractivity contribution in [1.29, 1.82) is 0 Å². The van der Waals surface area contributed by atoms with Gasteiger partial charge in [0.15, 0.2) is 12.6 Å². The van der Waals surface area contributed by atoms with Crippen LogP contribution in [0.3, 0.4) is 0 Å². The summed E-state index contributed by atoms with van der Waals surface area (Å²) >= 11 is 1.81. The predicted octanol–water partition coefficient (Wildman–Crippen LogP) is 4.25. The highest BCUT2D eigenvalue weighted by atomic mass is 32.1. The summed E-state index contributed by atoms with van der Waals surface area (Å²) in [6.07, 6.45) is 0. The molecule has 0 amide bonds. The molecule has 4 rings (SSSR count). The highest BCUT2D eigenvalue weighted by Gasteiger charge is 2.18. The topological polar surface area (TPSA) is 16.8 Å². The lowest BCUT2D eigenvalue weighted by atomic mass is 10.1. The lowest BCUT2D eigenvalue weighted by molar-refractivity contribution is -0.717. The first-order valence-electron chi connectivity index (χ1n) is 6.98. The summed E-state index contributed by atoms with van der Waals surface area (Å²) in [5.74, 6) is 0. The van der Waals surface area contributed by atoms with Crippen molar-refractivity contribution in [3.63, 3.8) is 0 Å². The molecule has 0 aliphatic rings. The molecule has 0 bridgehead atoms. The molecule has 0 saturated carbocycles. The Kier molecular flexibility index (Phi) is 2.76. The lowest BCUT2D eigenvalue weighted by Crippen LogP contribution is -2.35. The fourth-order valence-electron chi connectivity index (χ4n) is 2.79. The molecule has 0 fully saturated rings. The van der Waals surface area contributed by atoms with Crippen LogP contribution in [0.2, 0.25) is 0 Å². The van der Waals surface area contributed by atoms with Crippen LogP contribution < -0.4 is 4.68 Å². The lowest BCUT2D eigenvalue weighted by Gasteiger charge is -2.02. The van der Waals surface area contributed by atoms with E-state index in [1.807, 2.05) is 23.1 Å². The number of aromatic nitrogens is 2. The van der Waals surface area contributed by atoms with Crippen molar-refractivity contribution in [3.8, 4) is 11.3 Å². The molecule has 2 nitrogen and oxygen atoms in total. The molecule has 2 aromatic heterocycles. The molecule has 2 aromatic carbocycles. The third kappa shape index (κ3) is 1.93. The smallest absolute Gasteiger partial charge is 0.133 e. The molecule has 102 valence electrons. The average molecular weight is 291 g/mol. The Morgan fingerprint density at radius 1 is 0.952 bits per heavy atom. The van der Waals surface area contributed by atoms with E-state index >= 15 is 0 Å². The van der Waals surface area contributed by atoms with Gasteiger partial charge in [-0.05, 0) is 24.6 Å². The third-order valence-electron chi connectivity index (χ3n) is 3.88.